The van der Waals surface area contributed by atoms with Gasteiger partial charge in [0.1, 0.15) is 11.9 Å². The number of thioether (sulfide) groups is 1. The Hall–Kier alpha value is -0.870. The average Bonchev–Trinajstić information content (AvgIpc) is 2.45. The van der Waals surface area contributed by atoms with Gasteiger partial charge in [-0.05, 0) is 43.4 Å². The smallest absolute Gasteiger partial charge is 0.124 e. The van der Waals surface area contributed by atoms with E-state index in [-0.39, 0.29) is 11.7 Å². The Labute approximate surface area is 125 Å². The zero-order chi connectivity index (χ0) is 14.0. The maximum absolute atomic E-state index is 6.23. The lowest BCUT2D eigenvalue weighted by Gasteiger charge is -2.43. The fourth-order valence-corrected chi connectivity index (χ4v) is 4.35. The Morgan fingerprint density at radius 3 is 2.95 bits per heavy atom. The molecule has 0 saturated carbocycles. The summed E-state index contributed by atoms with van der Waals surface area (Å²) in [6.07, 6.45) is 4.57. The monoisotopic (exact) mass is 293 g/mol. The molecule has 2 aliphatic heterocycles. The van der Waals surface area contributed by atoms with Crippen molar-refractivity contribution in [2.24, 2.45) is 0 Å². The number of anilines is 1. The number of nitrogens with two attached hydrogens (primary N) is 1. The summed E-state index contributed by atoms with van der Waals surface area (Å²) in [4.78, 5) is 0. The maximum atomic E-state index is 6.23. The Kier molecular flexibility index (Phi) is 4.13. The van der Waals surface area contributed by atoms with Crippen LogP contribution < -0.4 is 10.5 Å². The fourth-order valence-electron chi connectivity index (χ4n) is 3.11. The van der Waals surface area contributed by atoms with Crippen molar-refractivity contribution in [3.63, 3.8) is 0 Å². The third-order valence-corrected chi connectivity index (χ3v) is 5.46. The quantitative estimate of drug-likeness (QED) is 0.849. The Morgan fingerprint density at radius 1 is 1.35 bits per heavy atom. The maximum Gasteiger partial charge on any atom is 0.124 e. The molecule has 2 N–H and O–H groups in total. The van der Waals surface area contributed by atoms with E-state index in [1.807, 2.05) is 36.9 Å². The Morgan fingerprint density at radius 2 is 2.15 bits per heavy atom. The second-order valence-electron chi connectivity index (χ2n) is 5.85. The standard InChI is InChI=1S/C16H23NO2S/c1-12-14(17)3-2-4-15(12)19-13-5-8-18-16(11-13)6-9-20-10-7-16/h2-4,13H,5-11,17H2,1H3. The van der Waals surface area contributed by atoms with Gasteiger partial charge in [0.2, 0.25) is 0 Å². The summed E-state index contributed by atoms with van der Waals surface area (Å²) in [5.74, 6) is 3.35. The van der Waals surface area contributed by atoms with Crippen molar-refractivity contribution in [3.05, 3.63) is 23.8 Å². The summed E-state index contributed by atoms with van der Waals surface area (Å²) < 4.78 is 12.3. The minimum absolute atomic E-state index is 0.0718. The molecule has 3 rings (SSSR count). The number of hydrogen-bond acceptors (Lipinski definition) is 4. The number of rotatable bonds is 2. The van der Waals surface area contributed by atoms with Crippen molar-refractivity contribution in [1.29, 1.82) is 0 Å². The van der Waals surface area contributed by atoms with Crippen molar-refractivity contribution in [2.45, 2.75) is 44.3 Å². The first-order valence-electron chi connectivity index (χ1n) is 7.42. The van der Waals surface area contributed by atoms with E-state index in [4.69, 9.17) is 15.2 Å². The summed E-state index contributed by atoms with van der Waals surface area (Å²) in [6.45, 7) is 2.84. The van der Waals surface area contributed by atoms with E-state index in [1.165, 1.54) is 11.5 Å². The van der Waals surface area contributed by atoms with Gasteiger partial charge in [-0.15, -0.1) is 0 Å². The van der Waals surface area contributed by atoms with Crippen LogP contribution in [0.4, 0.5) is 5.69 Å². The molecule has 3 nitrogen and oxygen atoms in total. The fraction of sp³-hybridized carbons (Fsp3) is 0.625. The van der Waals surface area contributed by atoms with E-state index in [2.05, 4.69) is 0 Å². The highest BCUT2D eigenvalue weighted by molar-refractivity contribution is 7.99. The van der Waals surface area contributed by atoms with Gasteiger partial charge in [-0.25, -0.2) is 0 Å². The minimum atomic E-state index is 0.0718. The van der Waals surface area contributed by atoms with E-state index >= 15 is 0 Å². The number of ether oxygens (including phenoxy) is 2. The summed E-state index contributed by atoms with van der Waals surface area (Å²) >= 11 is 2.03. The van der Waals surface area contributed by atoms with Crippen LogP contribution in [0.1, 0.15) is 31.2 Å². The minimum Gasteiger partial charge on any atom is -0.490 e. The lowest BCUT2D eigenvalue weighted by atomic mass is 9.86. The van der Waals surface area contributed by atoms with Crippen LogP contribution in [0.25, 0.3) is 0 Å². The van der Waals surface area contributed by atoms with E-state index in [0.717, 1.165) is 49.3 Å². The zero-order valence-electron chi connectivity index (χ0n) is 12.1. The van der Waals surface area contributed by atoms with Gasteiger partial charge in [0.05, 0.1) is 12.2 Å². The van der Waals surface area contributed by atoms with Gasteiger partial charge in [0.15, 0.2) is 0 Å². The van der Waals surface area contributed by atoms with Crippen LogP contribution in [0.3, 0.4) is 0 Å². The molecule has 1 aromatic rings. The van der Waals surface area contributed by atoms with Gasteiger partial charge >= 0.3 is 0 Å². The Bertz CT molecular complexity index is 466. The molecule has 0 bridgehead atoms. The van der Waals surface area contributed by atoms with E-state index in [0.29, 0.717) is 0 Å². The highest BCUT2D eigenvalue weighted by Crippen LogP contribution is 2.39. The SMILES string of the molecule is Cc1c(N)cccc1OC1CCOC2(CCSCC2)C1. The van der Waals surface area contributed by atoms with Crippen LogP contribution in [0, 0.1) is 6.92 Å². The van der Waals surface area contributed by atoms with Gasteiger partial charge in [-0.2, -0.15) is 11.8 Å². The molecule has 1 atom stereocenters. The molecule has 1 spiro atoms. The van der Waals surface area contributed by atoms with Crippen molar-refractivity contribution < 1.29 is 9.47 Å². The highest BCUT2D eigenvalue weighted by Gasteiger charge is 2.39. The molecule has 0 aromatic heterocycles. The van der Waals surface area contributed by atoms with Crippen molar-refractivity contribution in [3.8, 4) is 5.75 Å². The zero-order valence-corrected chi connectivity index (χ0v) is 12.9. The summed E-state index contributed by atoms with van der Waals surface area (Å²) in [5, 5.41) is 0. The third kappa shape index (κ3) is 2.91. The average molecular weight is 293 g/mol. The lowest BCUT2D eigenvalue weighted by Crippen LogP contribution is -2.46. The van der Waals surface area contributed by atoms with Crippen molar-refractivity contribution in [2.75, 3.05) is 23.8 Å². The summed E-state index contributed by atoms with van der Waals surface area (Å²) in [6, 6.07) is 5.90. The Balaban J connectivity index is 1.69. The first-order chi connectivity index (χ1) is 9.69. The molecule has 2 fully saturated rings. The second-order valence-corrected chi connectivity index (χ2v) is 7.07. The van der Waals surface area contributed by atoms with E-state index < -0.39 is 0 Å². The largest absolute Gasteiger partial charge is 0.490 e. The number of nitrogen functional groups attached to an aromatic ring is 1. The van der Waals surface area contributed by atoms with Gasteiger partial charge in [0, 0.05) is 24.1 Å². The van der Waals surface area contributed by atoms with Crippen LogP contribution in [0.5, 0.6) is 5.75 Å². The van der Waals surface area contributed by atoms with Crippen LogP contribution in [0.15, 0.2) is 18.2 Å². The van der Waals surface area contributed by atoms with Crippen molar-refractivity contribution >= 4 is 17.4 Å². The van der Waals surface area contributed by atoms with Gasteiger partial charge in [-0.1, -0.05) is 6.07 Å². The molecule has 2 aliphatic rings. The molecule has 0 radical (unpaired) electrons. The summed E-state index contributed by atoms with van der Waals surface area (Å²) in [7, 11) is 0. The molecule has 0 aliphatic carbocycles. The first-order valence-corrected chi connectivity index (χ1v) is 8.57. The second kappa shape index (κ2) is 5.86. The first kappa shape index (κ1) is 14.1. The van der Waals surface area contributed by atoms with Crippen LogP contribution in [-0.2, 0) is 4.74 Å². The lowest BCUT2D eigenvalue weighted by molar-refractivity contribution is -0.116. The number of benzene rings is 1. The van der Waals surface area contributed by atoms with Crippen LogP contribution in [0.2, 0.25) is 0 Å². The van der Waals surface area contributed by atoms with E-state index in [1.54, 1.807) is 0 Å². The predicted octanol–water partition coefficient (Wildman–Crippen LogP) is 3.40. The third-order valence-electron chi connectivity index (χ3n) is 4.47. The molecule has 1 aromatic carbocycles. The van der Waals surface area contributed by atoms with Crippen LogP contribution in [-0.4, -0.2) is 29.8 Å². The van der Waals surface area contributed by atoms with Crippen LogP contribution >= 0.6 is 11.8 Å². The molecule has 2 heterocycles. The summed E-state index contributed by atoms with van der Waals surface area (Å²) in [5.41, 5.74) is 7.88. The van der Waals surface area contributed by atoms with E-state index in [9.17, 15) is 0 Å². The van der Waals surface area contributed by atoms with Crippen molar-refractivity contribution in [1.82, 2.24) is 0 Å². The van der Waals surface area contributed by atoms with Gasteiger partial charge < -0.3 is 15.2 Å². The number of hydrogen-bond donors (Lipinski definition) is 1. The molecule has 0 amide bonds. The van der Waals surface area contributed by atoms with Gasteiger partial charge in [-0.3, -0.25) is 0 Å². The molecule has 2 saturated heterocycles. The predicted molar refractivity (Wildman–Crippen MR) is 84.5 cm³/mol. The topological polar surface area (TPSA) is 44.5 Å². The molecular formula is C16H23NO2S. The molecule has 1 unspecified atom stereocenters. The highest BCUT2D eigenvalue weighted by atomic mass is 32.2. The molecular weight excluding hydrogens is 270 g/mol. The van der Waals surface area contributed by atoms with Gasteiger partial charge in [0.25, 0.3) is 0 Å². The molecule has 20 heavy (non-hydrogen) atoms. The normalized spacial score (nSPS) is 25.6. The molecule has 110 valence electrons. The molecule has 4 heteroatoms.